The molecule has 0 radical (unpaired) electrons. The summed E-state index contributed by atoms with van der Waals surface area (Å²) in [5, 5.41) is 7.30. The first kappa shape index (κ1) is 22.3. The molecule has 1 aromatic heterocycles. The molecular formula is C22H29N5O4. The van der Waals surface area contributed by atoms with Gasteiger partial charge in [0.2, 0.25) is 11.8 Å². The van der Waals surface area contributed by atoms with Crippen molar-refractivity contribution in [3.63, 3.8) is 0 Å². The first-order valence-electron chi connectivity index (χ1n) is 10.5. The number of piperazine rings is 1. The first-order chi connectivity index (χ1) is 14.9. The highest BCUT2D eigenvalue weighted by molar-refractivity contribution is 5.92. The van der Waals surface area contributed by atoms with Crippen LogP contribution in [0.15, 0.2) is 36.5 Å². The molecule has 1 aliphatic rings. The summed E-state index contributed by atoms with van der Waals surface area (Å²) in [5.74, 6) is -0.212. The van der Waals surface area contributed by atoms with E-state index < -0.39 is 6.04 Å². The molecule has 31 heavy (non-hydrogen) atoms. The van der Waals surface area contributed by atoms with Gasteiger partial charge in [-0.15, -0.1) is 0 Å². The van der Waals surface area contributed by atoms with E-state index in [-0.39, 0.29) is 24.3 Å². The number of hydrogen-bond donors (Lipinski definition) is 1. The van der Waals surface area contributed by atoms with Crippen molar-refractivity contribution in [3.05, 3.63) is 47.8 Å². The summed E-state index contributed by atoms with van der Waals surface area (Å²) in [5.41, 5.74) is 2.16. The lowest BCUT2D eigenvalue weighted by Gasteiger charge is -2.35. The molecule has 3 amide bonds. The lowest BCUT2D eigenvalue weighted by Crippen LogP contribution is -2.52. The molecule has 0 spiro atoms. The fourth-order valence-electron chi connectivity index (χ4n) is 3.48. The van der Waals surface area contributed by atoms with Gasteiger partial charge in [0.25, 0.3) is 0 Å². The SMILES string of the molecule is CCOC(=O)N1CCN(C(=O)C(C)n2cc(NC(=O)Cc3ccccc3)c(C)n2)CC1. The Balaban J connectivity index is 1.57. The number of carbonyl (C=O) groups excluding carboxylic acids is 3. The molecule has 1 fully saturated rings. The maximum absolute atomic E-state index is 12.9. The van der Waals surface area contributed by atoms with Crippen molar-refractivity contribution in [1.82, 2.24) is 19.6 Å². The molecule has 9 nitrogen and oxygen atoms in total. The van der Waals surface area contributed by atoms with Crippen molar-refractivity contribution in [2.75, 3.05) is 38.1 Å². The second kappa shape index (κ2) is 10.1. The molecule has 0 saturated carbocycles. The number of carbonyl (C=O) groups is 3. The van der Waals surface area contributed by atoms with Gasteiger partial charge in [-0.1, -0.05) is 30.3 Å². The zero-order chi connectivity index (χ0) is 22.4. The molecule has 166 valence electrons. The van der Waals surface area contributed by atoms with E-state index >= 15 is 0 Å². The molecule has 0 aliphatic carbocycles. The van der Waals surface area contributed by atoms with Crippen LogP contribution in [0.2, 0.25) is 0 Å². The predicted octanol–water partition coefficient (Wildman–Crippen LogP) is 2.23. The average Bonchev–Trinajstić information content (AvgIpc) is 3.13. The van der Waals surface area contributed by atoms with E-state index in [9.17, 15) is 14.4 Å². The maximum atomic E-state index is 12.9. The second-order valence-electron chi connectivity index (χ2n) is 7.51. The van der Waals surface area contributed by atoms with E-state index in [2.05, 4.69) is 10.4 Å². The lowest BCUT2D eigenvalue weighted by molar-refractivity contribution is -0.136. The van der Waals surface area contributed by atoms with Crippen LogP contribution < -0.4 is 5.32 Å². The summed E-state index contributed by atoms with van der Waals surface area (Å²) < 4.78 is 6.59. The van der Waals surface area contributed by atoms with Crippen LogP contribution in [0.25, 0.3) is 0 Å². The van der Waals surface area contributed by atoms with Gasteiger partial charge in [-0.05, 0) is 26.3 Å². The Morgan fingerprint density at radius 3 is 2.39 bits per heavy atom. The van der Waals surface area contributed by atoms with Crippen LogP contribution >= 0.6 is 0 Å². The van der Waals surface area contributed by atoms with Crippen molar-refractivity contribution in [2.45, 2.75) is 33.2 Å². The normalized spacial score (nSPS) is 14.8. The summed E-state index contributed by atoms with van der Waals surface area (Å²) in [7, 11) is 0. The number of hydrogen-bond acceptors (Lipinski definition) is 5. The highest BCUT2D eigenvalue weighted by Gasteiger charge is 2.29. The van der Waals surface area contributed by atoms with Gasteiger partial charge in [0.15, 0.2) is 0 Å². The van der Waals surface area contributed by atoms with Crippen LogP contribution in [0, 0.1) is 6.92 Å². The quantitative estimate of drug-likeness (QED) is 0.763. The number of rotatable bonds is 6. The third-order valence-corrected chi connectivity index (χ3v) is 5.27. The van der Waals surface area contributed by atoms with Crippen LogP contribution in [-0.2, 0) is 20.7 Å². The zero-order valence-electron chi connectivity index (χ0n) is 18.2. The topological polar surface area (TPSA) is 96.8 Å². The largest absolute Gasteiger partial charge is 0.450 e. The third kappa shape index (κ3) is 5.62. The van der Waals surface area contributed by atoms with Gasteiger partial charge in [0.1, 0.15) is 6.04 Å². The standard InChI is InChI=1S/C22H29N5O4/c1-4-31-22(30)26-12-10-25(11-13-26)21(29)17(3)27-15-19(16(2)24-27)23-20(28)14-18-8-6-5-7-9-18/h5-9,15,17H,4,10-14H2,1-3H3,(H,23,28). The Morgan fingerprint density at radius 2 is 1.74 bits per heavy atom. The molecule has 3 rings (SSSR count). The van der Waals surface area contributed by atoms with E-state index in [1.807, 2.05) is 30.3 Å². The van der Waals surface area contributed by atoms with Gasteiger partial charge in [0.05, 0.1) is 24.4 Å². The Bertz CT molecular complexity index is 919. The number of nitrogens with one attached hydrogen (secondary N) is 1. The number of ether oxygens (including phenoxy) is 1. The van der Waals surface area contributed by atoms with Crippen LogP contribution in [-0.4, -0.2) is 70.3 Å². The minimum atomic E-state index is -0.521. The smallest absolute Gasteiger partial charge is 0.409 e. The van der Waals surface area contributed by atoms with Crippen molar-refractivity contribution in [3.8, 4) is 0 Å². The molecule has 1 atom stereocenters. The molecule has 2 heterocycles. The number of nitrogens with zero attached hydrogens (tertiary/aromatic N) is 4. The van der Waals surface area contributed by atoms with Gasteiger partial charge in [0, 0.05) is 32.4 Å². The van der Waals surface area contributed by atoms with E-state index in [4.69, 9.17) is 4.74 Å². The lowest BCUT2D eigenvalue weighted by atomic mass is 10.1. The molecule has 1 saturated heterocycles. The fourth-order valence-corrected chi connectivity index (χ4v) is 3.48. The van der Waals surface area contributed by atoms with E-state index in [1.54, 1.807) is 41.4 Å². The number of aromatic nitrogens is 2. The minimum absolute atomic E-state index is 0.0758. The molecule has 2 aromatic rings. The maximum Gasteiger partial charge on any atom is 0.409 e. The first-order valence-corrected chi connectivity index (χ1v) is 10.5. The van der Waals surface area contributed by atoms with E-state index in [0.717, 1.165) is 5.56 Å². The molecule has 1 aromatic carbocycles. The summed E-state index contributed by atoms with van der Waals surface area (Å²) in [6.07, 6.45) is 1.61. The van der Waals surface area contributed by atoms with Crippen molar-refractivity contribution in [2.24, 2.45) is 0 Å². The van der Waals surface area contributed by atoms with Crippen LogP contribution in [0.3, 0.4) is 0 Å². The number of aryl methyl sites for hydroxylation is 1. The number of benzene rings is 1. The molecule has 0 bridgehead atoms. The third-order valence-electron chi connectivity index (χ3n) is 5.27. The predicted molar refractivity (Wildman–Crippen MR) is 116 cm³/mol. The fraction of sp³-hybridized carbons (Fsp3) is 0.455. The summed E-state index contributed by atoms with van der Waals surface area (Å²) in [6.45, 7) is 7.45. The highest BCUT2D eigenvalue weighted by Crippen LogP contribution is 2.19. The Morgan fingerprint density at radius 1 is 1.10 bits per heavy atom. The zero-order valence-corrected chi connectivity index (χ0v) is 18.2. The Labute approximate surface area is 182 Å². The Hall–Kier alpha value is -3.36. The molecule has 1 unspecified atom stereocenters. The van der Waals surface area contributed by atoms with Gasteiger partial charge >= 0.3 is 6.09 Å². The summed E-state index contributed by atoms with van der Waals surface area (Å²) in [4.78, 5) is 40.4. The van der Waals surface area contributed by atoms with Crippen LogP contribution in [0.4, 0.5) is 10.5 Å². The van der Waals surface area contributed by atoms with Crippen molar-refractivity contribution >= 4 is 23.6 Å². The van der Waals surface area contributed by atoms with Crippen LogP contribution in [0.1, 0.15) is 31.1 Å². The number of amides is 3. The van der Waals surface area contributed by atoms with Gasteiger partial charge in [-0.2, -0.15) is 5.10 Å². The van der Waals surface area contributed by atoms with Crippen molar-refractivity contribution in [1.29, 1.82) is 0 Å². The van der Waals surface area contributed by atoms with Gasteiger partial charge in [-0.3, -0.25) is 14.3 Å². The van der Waals surface area contributed by atoms with Crippen LogP contribution in [0.5, 0.6) is 0 Å². The monoisotopic (exact) mass is 427 g/mol. The molecular weight excluding hydrogens is 398 g/mol. The van der Waals surface area contributed by atoms with Gasteiger partial charge in [-0.25, -0.2) is 4.79 Å². The van der Waals surface area contributed by atoms with E-state index in [1.165, 1.54) is 0 Å². The molecule has 1 aliphatic heterocycles. The highest BCUT2D eigenvalue weighted by atomic mass is 16.6. The summed E-state index contributed by atoms with van der Waals surface area (Å²) >= 11 is 0. The number of anilines is 1. The molecule has 9 heteroatoms. The van der Waals surface area contributed by atoms with Crippen molar-refractivity contribution < 1.29 is 19.1 Å². The van der Waals surface area contributed by atoms with Gasteiger partial charge < -0.3 is 19.9 Å². The van der Waals surface area contributed by atoms with E-state index in [0.29, 0.717) is 44.2 Å². The summed E-state index contributed by atoms with van der Waals surface area (Å²) in [6, 6.07) is 8.98. The second-order valence-corrected chi connectivity index (χ2v) is 7.51. The molecule has 1 N–H and O–H groups in total. The Kier molecular flexibility index (Phi) is 7.28. The average molecular weight is 428 g/mol. The minimum Gasteiger partial charge on any atom is -0.450 e.